The first-order valence-corrected chi connectivity index (χ1v) is 9.25. The SMILES string of the molecule is O=C(O)C1CCc2sc(NCC3CCS(=O)(=O)C3)nc21. The minimum atomic E-state index is -2.85. The first-order valence-electron chi connectivity index (χ1n) is 6.61. The molecule has 2 aliphatic rings. The Morgan fingerprint density at radius 3 is 2.90 bits per heavy atom. The van der Waals surface area contributed by atoms with Crippen LogP contribution in [0.2, 0.25) is 0 Å². The number of hydrogen-bond acceptors (Lipinski definition) is 6. The van der Waals surface area contributed by atoms with E-state index in [9.17, 15) is 13.2 Å². The fourth-order valence-electron chi connectivity index (χ4n) is 2.81. The van der Waals surface area contributed by atoms with Crippen molar-refractivity contribution in [1.82, 2.24) is 4.98 Å². The minimum Gasteiger partial charge on any atom is -0.481 e. The first-order chi connectivity index (χ1) is 9.44. The molecule has 20 heavy (non-hydrogen) atoms. The molecule has 0 aromatic carbocycles. The Morgan fingerprint density at radius 2 is 2.25 bits per heavy atom. The smallest absolute Gasteiger partial charge is 0.312 e. The molecule has 1 saturated heterocycles. The topological polar surface area (TPSA) is 96.4 Å². The van der Waals surface area contributed by atoms with Gasteiger partial charge in [0.05, 0.1) is 17.2 Å². The third-order valence-electron chi connectivity index (χ3n) is 3.88. The van der Waals surface area contributed by atoms with Gasteiger partial charge in [-0.05, 0) is 25.2 Å². The first kappa shape index (κ1) is 13.8. The fraction of sp³-hybridized carbons (Fsp3) is 0.667. The van der Waals surface area contributed by atoms with Gasteiger partial charge in [0.15, 0.2) is 15.0 Å². The Kier molecular flexibility index (Phi) is 3.45. The van der Waals surface area contributed by atoms with Crippen LogP contribution in [0.5, 0.6) is 0 Å². The number of aliphatic carboxylic acids is 1. The maximum atomic E-state index is 11.4. The van der Waals surface area contributed by atoms with E-state index < -0.39 is 21.7 Å². The van der Waals surface area contributed by atoms with Crippen LogP contribution in [0.1, 0.15) is 29.3 Å². The second-order valence-corrected chi connectivity index (χ2v) is 8.72. The van der Waals surface area contributed by atoms with Crippen LogP contribution in [-0.4, -0.2) is 42.5 Å². The van der Waals surface area contributed by atoms with Crippen molar-refractivity contribution in [3.8, 4) is 0 Å². The predicted octanol–water partition coefficient (Wildman–Crippen LogP) is 1.10. The van der Waals surface area contributed by atoms with E-state index in [1.807, 2.05) is 0 Å². The van der Waals surface area contributed by atoms with Crippen LogP contribution in [0.4, 0.5) is 5.13 Å². The second-order valence-electron chi connectivity index (χ2n) is 5.41. The third-order valence-corrected chi connectivity index (χ3v) is 6.81. The van der Waals surface area contributed by atoms with Gasteiger partial charge in [0.1, 0.15) is 5.92 Å². The molecule has 110 valence electrons. The number of nitrogens with zero attached hydrogens (tertiary/aromatic N) is 1. The Labute approximate surface area is 121 Å². The van der Waals surface area contributed by atoms with Gasteiger partial charge in [0.25, 0.3) is 0 Å². The molecule has 3 rings (SSSR count). The van der Waals surface area contributed by atoms with Crippen molar-refractivity contribution in [3.63, 3.8) is 0 Å². The summed E-state index contributed by atoms with van der Waals surface area (Å²) in [5.41, 5.74) is 0.684. The van der Waals surface area contributed by atoms with Crippen molar-refractivity contribution in [2.45, 2.75) is 25.2 Å². The summed E-state index contributed by atoms with van der Waals surface area (Å²) in [7, 11) is -2.85. The highest BCUT2D eigenvalue weighted by molar-refractivity contribution is 7.91. The zero-order valence-corrected chi connectivity index (χ0v) is 12.5. The van der Waals surface area contributed by atoms with Gasteiger partial charge in [0, 0.05) is 11.4 Å². The van der Waals surface area contributed by atoms with E-state index in [1.165, 1.54) is 11.3 Å². The van der Waals surface area contributed by atoms with Crippen LogP contribution >= 0.6 is 11.3 Å². The molecule has 2 atom stereocenters. The van der Waals surface area contributed by atoms with E-state index in [0.717, 1.165) is 11.3 Å². The van der Waals surface area contributed by atoms with E-state index in [1.54, 1.807) is 0 Å². The van der Waals surface area contributed by atoms with Gasteiger partial charge in [-0.15, -0.1) is 11.3 Å². The highest BCUT2D eigenvalue weighted by atomic mass is 32.2. The highest BCUT2D eigenvalue weighted by Crippen LogP contribution is 2.38. The molecule has 1 aliphatic heterocycles. The van der Waals surface area contributed by atoms with Gasteiger partial charge in [-0.1, -0.05) is 0 Å². The van der Waals surface area contributed by atoms with Crippen molar-refractivity contribution in [1.29, 1.82) is 0 Å². The second kappa shape index (κ2) is 5.00. The summed E-state index contributed by atoms with van der Waals surface area (Å²) < 4.78 is 22.8. The lowest BCUT2D eigenvalue weighted by Gasteiger charge is -2.08. The van der Waals surface area contributed by atoms with Crippen LogP contribution < -0.4 is 5.32 Å². The molecule has 1 aromatic rings. The molecule has 0 bridgehead atoms. The molecule has 0 radical (unpaired) electrons. The number of aryl methyl sites for hydroxylation is 1. The average Bonchev–Trinajstić information content (AvgIpc) is 2.99. The summed E-state index contributed by atoms with van der Waals surface area (Å²) in [5.74, 6) is -0.655. The van der Waals surface area contributed by atoms with E-state index >= 15 is 0 Å². The number of aromatic nitrogens is 1. The van der Waals surface area contributed by atoms with Gasteiger partial charge >= 0.3 is 5.97 Å². The van der Waals surface area contributed by atoms with Crippen molar-refractivity contribution in [3.05, 3.63) is 10.6 Å². The van der Waals surface area contributed by atoms with E-state index in [0.29, 0.717) is 30.2 Å². The molecule has 6 nitrogen and oxygen atoms in total. The number of carboxylic acid groups (broad SMARTS) is 1. The molecule has 0 amide bonds. The molecular weight excluding hydrogens is 300 g/mol. The summed E-state index contributed by atoms with van der Waals surface area (Å²) in [6, 6.07) is 0. The number of thiazole rings is 1. The highest BCUT2D eigenvalue weighted by Gasteiger charge is 2.33. The summed E-state index contributed by atoms with van der Waals surface area (Å²) in [4.78, 5) is 16.5. The molecule has 0 spiro atoms. The third kappa shape index (κ3) is 2.67. The van der Waals surface area contributed by atoms with E-state index in [4.69, 9.17) is 5.11 Å². The van der Waals surface area contributed by atoms with Gasteiger partial charge in [-0.25, -0.2) is 13.4 Å². The van der Waals surface area contributed by atoms with Crippen molar-refractivity contribution in [2.75, 3.05) is 23.4 Å². The summed E-state index contributed by atoms with van der Waals surface area (Å²) in [6.07, 6.45) is 2.09. The number of carboxylic acids is 1. The molecule has 1 aromatic heterocycles. The Morgan fingerprint density at radius 1 is 1.45 bits per heavy atom. The number of rotatable bonds is 4. The zero-order chi connectivity index (χ0) is 14.3. The number of fused-ring (bicyclic) bond motifs is 1. The molecule has 8 heteroatoms. The summed E-state index contributed by atoms with van der Waals surface area (Å²) >= 11 is 1.49. The lowest BCUT2D eigenvalue weighted by atomic mass is 10.1. The van der Waals surface area contributed by atoms with Crippen molar-refractivity contribution < 1.29 is 18.3 Å². The lowest BCUT2D eigenvalue weighted by Crippen LogP contribution is -2.15. The number of anilines is 1. The Bertz CT molecular complexity index is 638. The maximum absolute atomic E-state index is 11.4. The van der Waals surface area contributed by atoms with Crippen LogP contribution in [0.3, 0.4) is 0 Å². The lowest BCUT2D eigenvalue weighted by molar-refractivity contribution is -0.138. The Balaban J connectivity index is 1.63. The van der Waals surface area contributed by atoms with Crippen LogP contribution in [0, 0.1) is 5.92 Å². The fourth-order valence-corrected chi connectivity index (χ4v) is 5.71. The molecule has 1 fully saturated rings. The van der Waals surface area contributed by atoms with Crippen LogP contribution in [0.25, 0.3) is 0 Å². The average molecular weight is 316 g/mol. The standard InChI is InChI=1S/C12H16N2O4S2/c15-11(16)8-1-2-9-10(8)14-12(19-9)13-5-7-3-4-20(17,18)6-7/h7-8H,1-6H2,(H,13,14)(H,15,16). The molecule has 2 heterocycles. The minimum absolute atomic E-state index is 0.133. The van der Waals surface area contributed by atoms with E-state index in [-0.39, 0.29) is 17.4 Å². The summed E-state index contributed by atoms with van der Waals surface area (Å²) in [5, 5.41) is 13.0. The van der Waals surface area contributed by atoms with Gasteiger partial charge < -0.3 is 10.4 Å². The van der Waals surface area contributed by atoms with Gasteiger partial charge in [-0.2, -0.15) is 0 Å². The number of hydrogen-bond donors (Lipinski definition) is 2. The monoisotopic (exact) mass is 316 g/mol. The number of carbonyl (C=O) groups is 1. The normalized spacial score (nSPS) is 27.4. The van der Waals surface area contributed by atoms with Crippen molar-refractivity contribution in [2.24, 2.45) is 5.92 Å². The largest absolute Gasteiger partial charge is 0.481 e. The predicted molar refractivity (Wildman–Crippen MR) is 76.1 cm³/mol. The van der Waals surface area contributed by atoms with Crippen LogP contribution in [-0.2, 0) is 21.1 Å². The molecule has 0 saturated carbocycles. The Hall–Kier alpha value is -1.15. The van der Waals surface area contributed by atoms with E-state index in [2.05, 4.69) is 10.3 Å². The van der Waals surface area contributed by atoms with Gasteiger partial charge in [-0.3, -0.25) is 4.79 Å². The molecular formula is C12H16N2O4S2. The zero-order valence-electron chi connectivity index (χ0n) is 10.8. The number of nitrogens with one attached hydrogen (secondary N) is 1. The molecule has 2 unspecified atom stereocenters. The van der Waals surface area contributed by atoms with Crippen molar-refractivity contribution >= 4 is 32.3 Å². The summed E-state index contributed by atoms with van der Waals surface area (Å²) in [6.45, 7) is 0.587. The van der Waals surface area contributed by atoms with Crippen LogP contribution in [0.15, 0.2) is 0 Å². The quantitative estimate of drug-likeness (QED) is 0.863. The maximum Gasteiger partial charge on any atom is 0.312 e. The van der Waals surface area contributed by atoms with Gasteiger partial charge in [0.2, 0.25) is 0 Å². The molecule has 1 aliphatic carbocycles. The molecule has 2 N–H and O–H groups in total. The number of sulfone groups is 1.